The van der Waals surface area contributed by atoms with E-state index in [4.69, 9.17) is 30.5 Å². The van der Waals surface area contributed by atoms with E-state index in [0.29, 0.717) is 38.3 Å². The Kier molecular flexibility index (Phi) is 11.1. The predicted molar refractivity (Wildman–Crippen MR) is 174 cm³/mol. The molecular formula is C33H34ClN3O10. The summed E-state index contributed by atoms with van der Waals surface area (Å²) < 4.78 is 23.4. The van der Waals surface area contributed by atoms with Crippen molar-refractivity contribution in [2.45, 2.75) is 39.5 Å². The van der Waals surface area contributed by atoms with Crippen molar-refractivity contribution in [3.63, 3.8) is 0 Å². The van der Waals surface area contributed by atoms with Gasteiger partial charge in [-0.3, -0.25) is 23.5 Å². The zero-order valence-corrected chi connectivity index (χ0v) is 27.1. The minimum Gasteiger partial charge on any atom is -0.495 e. The molecule has 4 aromatic rings. The maximum absolute atomic E-state index is 13.7. The first-order valence-corrected chi connectivity index (χ1v) is 14.9. The van der Waals surface area contributed by atoms with E-state index >= 15 is 0 Å². The van der Waals surface area contributed by atoms with Crippen LogP contribution in [0.5, 0.6) is 5.75 Å². The number of rotatable bonds is 13. The average Bonchev–Trinajstić information content (AvgIpc) is 3.41. The van der Waals surface area contributed by atoms with Crippen LogP contribution >= 0.6 is 11.6 Å². The smallest absolute Gasteiger partial charge is 0.495 e. The molecule has 2 aromatic heterocycles. The first kappa shape index (κ1) is 34.7. The molecule has 0 aliphatic rings. The SMILES string of the molecule is CCOC(=O)OC(C)n1c(C(=O)O)cc2cc(NC(=O)C(CCOC)n3cc(OC)c(-c4cc(Cl)ccc4C(C)=O)cc3=O)ccc21. The van der Waals surface area contributed by atoms with Gasteiger partial charge in [0.2, 0.25) is 5.91 Å². The number of carboxylic acid groups (broad SMARTS) is 1. The normalized spacial score (nSPS) is 12.3. The summed E-state index contributed by atoms with van der Waals surface area (Å²) in [4.78, 5) is 63.5. The number of halogens is 1. The molecule has 2 heterocycles. The van der Waals surface area contributed by atoms with E-state index in [1.165, 1.54) is 55.5 Å². The maximum atomic E-state index is 13.7. The number of Topliss-reactive ketones (excluding diaryl/α,β-unsaturated/α-hetero) is 1. The van der Waals surface area contributed by atoms with Crippen molar-refractivity contribution >= 4 is 52.0 Å². The number of fused-ring (bicyclic) bond motifs is 1. The van der Waals surface area contributed by atoms with Crippen LogP contribution in [-0.4, -0.2) is 65.5 Å². The number of carbonyl (C=O) groups is 4. The standard InChI is InChI=1S/C33H34ClN3O10/c1-6-46-33(43)47-19(3)37-26-10-8-22(13-20(26)14-28(37)32(41)42)35-31(40)27(11-12-44-4)36-17-29(45-5)25(16-30(36)39)24-15-21(34)7-9-23(24)18(2)38/h7-10,13-17,19,27H,6,11-12H2,1-5H3,(H,35,40)(H,41,42). The second-order valence-corrected chi connectivity index (χ2v) is 10.8. The fourth-order valence-electron chi connectivity index (χ4n) is 5.26. The minimum absolute atomic E-state index is 0.0872. The molecule has 2 unspecified atom stereocenters. The van der Waals surface area contributed by atoms with Gasteiger partial charge in [0.25, 0.3) is 5.56 Å². The molecule has 13 nitrogen and oxygen atoms in total. The van der Waals surface area contributed by atoms with Crippen molar-refractivity contribution in [1.82, 2.24) is 9.13 Å². The highest BCUT2D eigenvalue weighted by molar-refractivity contribution is 6.31. The molecule has 248 valence electrons. The van der Waals surface area contributed by atoms with Gasteiger partial charge in [0, 0.05) is 53.4 Å². The van der Waals surface area contributed by atoms with E-state index in [0.717, 1.165) is 0 Å². The Morgan fingerprint density at radius 1 is 1.02 bits per heavy atom. The molecule has 0 aliphatic carbocycles. The van der Waals surface area contributed by atoms with E-state index < -0.39 is 35.9 Å². The van der Waals surface area contributed by atoms with Crippen molar-refractivity contribution in [3.05, 3.63) is 81.4 Å². The first-order chi connectivity index (χ1) is 22.4. The number of pyridine rings is 1. The molecule has 0 bridgehead atoms. The van der Waals surface area contributed by atoms with Crippen molar-refractivity contribution in [2.75, 3.05) is 32.8 Å². The highest BCUT2D eigenvalue weighted by atomic mass is 35.5. The fraction of sp³-hybridized carbons (Fsp3) is 0.303. The molecule has 2 N–H and O–H groups in total. The number of benzene rings is 2. The highest BCUT2D eigenvalue weighted by Gasteiger charge is 2.26. The number of aromatic nitrogens is 2. The zero-order valence-electron chi connectivity index (χ0n) is 26.4. The molecule has 2 atom stereocenters. The summed E-state index contributed by atoms with van der Waals surface area (Å²) in [5.74, 6) is -1.81. The molecular weight excluding hydrogens is 634 g/mol. The van der Waals surface area contributed by atoms with Gasteiger partial charge >= 0.3 is 12.1 Å². The number of methoxy groups -OCH3 is 2. The fourth-order valence-corrected chi connectivity index (χ4v) is 5.43. The van der Waals surface area contributed by atoms with E-state index in [1.807, 2.05) is 0 Å². The molecule has 2 aromatic carbocycles. The molecule has 14 heteroatoms. The van der Waals surface area contributed by atoms with Gasteiger partial charge in [-0.05, 0) is 68.8 Å². The lowest BCUT2D eigenvalue weighted by Crippen LogP contribution is -2.34. The number of carbonyl (C=O) groups excluding carboxylic acids is 3. The highest BCUT2D eigenvalue weighted by Crippen LogP contribution is 2.34. The van der Waals surface area contributed by atoms with Crippen LogP contribution in [0.4, 0.5) is 10.5 Å². The third kappa shape index (κ3) is 7.64. The van der Waals surface area contributed by atoms with Crippen LogP contribution < -0.4 is 15.6 Å². The number of hydrogen-bond donors (Lipinski definition) is 2. The molecule has 0 spiro atoms. The van der Waals surface area contributed by atoms with Crippen LogP contribution in [0.25, 0.3) is 22.0 Å². The summed E-state index contributed by atoms with van der Waals surface area (Å²) in [5.41, 5.74) is 1.14. The number of anilines is 1. The molecule has 47 heavy (non-hydrogen) atoms. The van der Waals surface area contributed by atoms with E-state index in [2.05, 4.69) is 5.32 Å². The van der Waals surface area contributed by atoms with Gasteiger partial charge in [-0.25, -0.2) is 9.59 Å². The van der Waals surface area contributed by atoms with Crippen molar-refractivity contribution < 1.29 is 43.2 Å². The topological polar surface area (TPSA) is 164 Å². The summed E-state index contributed by atoms with van der Waals surface area (Å²) in [6, 6.07) is 11.0. The number of hydrogen-bond acceptors (Lipinski definition) is 9. The Hall–Kier alpha value is -5.14. The van der Waals surface area contributed by atoms with Crippen molar-refractivity contribution in [3.8, 4) is 16.9 Å². The largest absolute Gasteiger partial charge is 0.510 e. The summed E-state index contributed by atoms with van der Waals surface area (Å²) in [7, 11) is 2.87. The van der Waals surface area contributed by atoms with Gasteiger partial charge in [0.15, 0.2) is 12.0 Å². The summed E-state index contributed by atoms with van der Waals surface area (Å²) >= 11 is 6.22. The monoisotopic (exact) mass is 667 g/mol. The van der Waals surface area contributed by atoms with Crippen LogP contribution in [0, 0.1) is 0 Å². The number of aromatic carboxylic acids is 1. The second-order valence-electron chi connectivity index (χ2n) is 10.4. The molecule has 0 saturated carbocycles. The predicted octanol–water partition coefficient (Wildman–Crippen LogP) is 5.94. The van der Waals surface area contributed by atoms with E-state index in [1.54, 1.807) is 43.3 Å². The third-order valence-corrected chi connectivity index (χ3v) is 7.60. The summed E-state index contributed by atoms with van der Waals surface area (Å²) in [6.45, 7) is 4.74. The van der Waals surface area contributed by atoms with Crippen molar-refractivity contribution in [2.24, 2.45) is 0 Å². The molecule has 4 rings (SSSR count). The Balaban J connectivity index is 1.71. The third-order valence-electron chi connectivity index (χ3n) is 7.37. The van der Waals surface area contributed by atoms with Crippen LogP contribution in [-0.2, 0) is 19.0 Å². The maximum Gasteiger partial charge on any atom is 0.510 e. The quantitative estimate of drug-likeness (QED) is 0.129. The van der Waals surface area contributed by atoms with E-state index in [9.17, 15) is 29.1 Å². The lowest BCUT2D eigenvalue weighted by atomic mass is 9.97. The lowest BCUT2D eigenvalue weighted by molar-refractivity contribution is -0.119. The number of nitrogens with zero attached hydrogens (tertiary/aromatic N) is 2. The zero-order chi connectivity index (χ0) is 34.4. The van der Waals surface area contributed by atoms with Crippen LogP contribution in [0.15, 0.2) is 59.5 Å². The first-order valence-electron chi connectivity index (χ1n) is 14.5. The van der Waals surface area contributed by atoms with Gasteiger partial charge in [0.1, 0.15) is 17.5 Å². The van der Waals surface area contributed by atoms with Crippen molar-refractivity contribution in [1.29, 1.82) is 0 Å². The number of amides is 1. The molecule has 1 amide bonds. The van der Waals surface area contributed by atoms with Gasteiger partial charge in [-0.2, -0.15) is 0 Å². The second kappa shape index (κ2) is 15.0. The van der Waals surface area contributed by atoms with E-state index in [-0.39, 0.29) is 36.9 Å². The number of nitrogens with one attached hydrogen (secondary N) is 1. The molecule has 0 radical (unpaired) electrons. The summed E-state index contributed by atoms with van der Waals surface area (Å²) in [6.07, 6.45) is -0.448. The van der Waals surface area contributed by atoms with Crippen LogP contribution in [0.2, 0.25) is 5.02 Å². The van der Waals surface area contributed by atoms with Gasteiger partial charge in [-0.15, -0.1) is 0 Å². The Morgan fingerprint density at radius 2 is 1.77 bits per heavy atom. The number of ether oxygens (including phenoxy) is 4. The van der Waals surface area contributed by atoms with Crippen LogP contribution in [0.1, 0.15) is 60.3 Å². The number of carboxylic acids is 1. The van der Waals surface area contributed by atoms with Gasteiger partial charge in [0.05, 0.1) is 25.4 Å². The molecule has 0 saturated heterocycles. The Morgan fingerprint density at radius 3 is 2.40 bits per heavy atom. The summed E-state index contributed by atoms with van der Waals surface area (Å²) in [5, 5.41) is 13.4. The van der Waals surface area contributed by atoms with Gasteiger partial charge in [-0.1, -0.05) is 11.6 Å². The van der Waals surface area contributed by atoms with Gasteiger partial charge < -0.3 is 29.4 Å². The van der Waals surface area contributed by atoms with Crippen LogP contribution in [0.3, 0.4) is 0 Å². The molecule has 0 aliphatic heterocycles. The average molecular weight is 668 g/mol. The Bertz CT molecular complexity index is 1900. The molecule has 0 fully saturated rings. The Labute approximate surface area is 274 Å². The number of ketones is 1. The minimum atomic E-state index is -1.25. The lowest BCUT2D eigenvalue weighted by Gasteiger charge is -2.21.